The Hall–Kier alpha value is -1.35. The summed E-state index contributed by atoms with van der Waals surface area (Å²) in [4.78, 5) is 11.6. The molecule has 3 atom stereocenters. The highest BCUT2D eigenvalue weighted by molar-refractivity contribution is 5.74. The number of esters is 1. The molecule has 10 heteroatoms. The molecule has 1 saturated carbocycles. The van der Waals surface area contributed by atoms with Crippen molar-refractivity contribution in [3.05, 3.63) is 12.2 Å². The lowest BCUT2D eigenvalue weighted by Gasteiger charge is -2.32. The maximum Gasteiger partial charge on any atom is 0.381 e. The van der Waals surface area contributed by atoms with Gasteiger partial charge in [0.15, 0.2) is 6.61 Å². The van der Waals surface area contributed by atoms with Crippen molar-refractivity contribution in [2.24, 2.45) is 17.8 Å². The van der Waals surface area contributed by atoms with E-state index in [0.29, 0.717) is 6.42 Å². The van der Waals surface area contributed by atoms with Gasteiger partial charge in [-0.3, -0.25) is 4.79 Å². The van der Waals surface area contributed by atoms with Gasteiger partial charge in [0.1, 0.15) is 0 Å². The van der Waals surface area contributed by atoms with Crippen molar-refractivity contribution in [3.8, 4) is 0 Å². The zero-order chi connectivity index (χ0) is 17.6. The van der Waals surface area contributed by atoms with Gasteiger partial charge in [-0.05, 0) is 24.7 Å². The normalized spacial score (nSPS) is 27.8. The van der Waals surface area contributed by atoms with Crippen LogP contribution in [0.2, 0.25) is 0 Å². The fraction of sp³-hybridized carbons (Fsp3) is 0.769. The molecule has 2 aliphatic carbocycles. The molecule has 0 aliphatic heterocycles. The molecule has 0 saturated heterocycles. The molecule has 2 rings (SSSR count). The Kier molecular flexibility index (Phi) is 4.40. The smallest absolute Gasteiger partial charge is 0.381 e. The van der Waals surface area contributed by atoms with Gasteiger partial charge >= 0.3 is 30.2 Å². The summed E-state index contributed by atoms with van der Waals surface area (Å²) < 4.78 is 106. The first-order valence-corrected chi connectivity index (χ1v) is 6.66. The second-order valence-corrected chi connectivity index (χ2v) is 5.70. The van der Waals surface area contributed by atoms with Gasteiger partial charge in [-0.1, -0.05) is 12.2 Å². The molecule has 0 N–H and O–H groups in total. The Bertz CT molecular complexity index is 502. The Morgan fingerprint density at radius 1 is 1.09 bits per heavy atom. The summed E-state index contributed by atoms with van der Waals surface area (Å²) in [7, 11) is 0. The van der Waals surface area contributed by atoms with Crippen LogP contribution < -0.4 is 0 Å². The lowest BCUT2D eigenvalue weighted by molar-refractivity contribution is -0.344. The standard InChI is InChI=1S/C13H12F8O2/c14-10(15)12(18,19)13(20,21)11(16,17)5-23-9(22)8-4-6-1-2-7(8)3-6/h1-2,6-8,10H,3-5H2. The van der Waals surface area contributed by atoms with E-state index in [2.05, 4.69) is 4.74 Å². The van der Waals surface area contributed by atoms with Gasteiger partial charge in [0.2, 0.25) is 0 Å². The van der Waals surface area contributed by atoms with Crippen LogP contribution in [0.15, 0.2) is 12.2 Å². The molecular formula is C13H12F8O2. The van der Waals surface area contributed by atoms with E-state index < -0.39 is 42.7 Å². The molecule has 0 spiro atoms. The predicted octanol–water partition coefficient (Wildman–Crippen LogP) is 3.91. The number of rotatable bonds is 6. The summed E-state index contributed by atoms with van der Waals surface area (Å²) in [5.74, 6) is -20.5. The molecule has 1 fully saturated rings. The summed E-state index contributed by atoms with van der Waals surface area (Å²) in [6.07, 6.45) is -0.627. The van der Waals surface area contributed by atoms with E-state index in [9.17, 15) is 39.9 Å². The van der Waals surface area contributed by atoms with Crippen LogP contribution in [0.4, 0.5) is 35.1 Å². The predicted molar refractivity (Wildman–Crippen MR) is 60.6 cm³/mol. The molecule has 2 aliphatic rings. The molecule has 0 amide bonds. The highest BCUT2D eigenvalue weighted by atomic mass is 19.4. The average Bonchev–Trinajstić information content (AvgIpc) is 3.06. The largest absolute Gasteiger partial charge is 0.459 e. The number of hydrogen-bond donors (Lipinski definition) is 0. The number of ether oxygens (including phenoxy) is 1. The van der Waals surface area contributed by atoms with Gasteiger partial charge in [0.05, 0.1) is 5.92 Å². The molecule has 132 valence electrons. The first-order valence-electron chi connectivity index (χ1n) is 6.66. The lowest BCUT2D eigenvalue weighted by atomic mass is 9.94. The van der Waals surface area contributed by atoms with Crippen molar-refractivity contribution in [2.75, 3.05) is 6.61 Å². The van der Waals surface area contributed by atoms with Gasteiger partial charge in [0, 0.05) is 0 Å². The lowest BCUT2D eigenvalue weighted by Crippen LogP contribution is -2.59. The van der Waals surface area contributed by atoms with Crippen LogP contribution in [-0.4, -0.2) is 36.8 Å². The van der Waals surface area contributed by atoms with Crippen LogP contribution in [0.3, 0.4) is 0 Å². The molecule has 23 heavy (non-hydrogen) atoms. The fourth-order valence-electron chi connectivity index (χ4n) is 2.79. The summed E-state index contributed by atoms with van der Waals surface area (Å²) in [6, 6.07) is 0. The van der Waals surface area contributed by atoms with Crippen LogP contribution in [0, 0.1) is 17.8 Å². The first kappa shape index (κ1) is 18.0. The Morgan fingerprint density at radius 2 is 1.70 bits per heavy atom. The SMILES string of the molecule is O=C(OCC(F)(F)C(F)(F)C(F)(F)C(F)F)C1CC2C=CC1C2. The Labute approximate surface area is 125 Å². The third kappa shape index (κ3) is 2.91. The van der Waals surface area contributed by atoms with E-state index in [0.717, 1.165) is 0 Å². The minimum absolute atomic E-state index is 0.0580. The van der Waals surface area contributed by atoms with E-state index in [1.54, 1.807) is 6.08 Å². The molecule has 0 aromatic carbocycles. The average molecular weight is 352 g/mol. The summed E-state index contributed by atoms with van der Waals surface area (Å²) in [5, 5.41) is 0. The number of halogens is 8. The Morgan fingerprint density at radius 3 is 2.13 bits per heavy atom. The van der Waals surface area contributed by atoms with E-state index in [1.165, 1.54) is 0 Å². The monoisotopic (exact) mass is 352 g/mol. The van der Waals surface area contributed by atoms with E-state index >= 15 is 0 Å². The highest BCUT2D eigenvalue weighted by Gasteiger charge is 2.75. The summed E-state index contributed by atoms with van der Waals surface area (Å²) in [6.45, 7) is -2.39. The van der Waals surface area contributed by atoms with E-state index in [4.69, 9.17) is 0 Å². The van der Waals surface area contributed by atoms with Gasteiger partial charge in [-0.15, -0.1) is 0 Å². The van der Waals surface area contributed by atoms with Gasteiger partial charge in [-0.25, -0.2) is 8.78 Å². The topological polar surface area (TPSA) is 26.3 Å². The van der Waals surface area contributed by atoms with E-state index in [-0.39, 0.29) is 18.3 Å². The number of allylic oxidation sites excluding steroid dienone is 2. The molecule has 0 aromatic heterocycles. The van der Waals surface area contributed by atoms with Crippen LogP contribution in [-0.2, 0) is 9.53 Å². The summed E-state index contributed by atoms with van der Waals surface area (Å²) in [5.41, 5.74) is 0. The number of alkyl halides is 8. The van der Waals surface area contributed by atoms with Crippen LogP contribution in [0.5, 0.6) is 0 Å². The number of carbonyl (C=O) groups excluding carboxylic acids is 1. The van der Waals surface area contributed by atoms with Crippen molar-refractivity contribution >= 4 is 5.97 Å². The zero-order valence-corrected chi connectivity index (χ0v) is 11.4. The Balaban J connectivity index is 2.00. The van der Waals surface area contributed by atoms with E-state index in [1.807, 2.05) is 6.08 Å². The maximum atomic E-state index is 13.2. The number of hydrogen-bond acceptors (Lipinski definition) is 2. The van der Waals surface area contributed by atoms with Gasteiger partial charge in [-0.2, -0.15) is 26.3 Å². The number of carbonyl (C=O) groups is 1. The van der Waals surface area contributed by atoms with Crippen molar-refractivity contribution in [1.82, 2.24) is 0 Å². The van der Waals surface area contributed by atoms with Gasteiger partial charge < -0.3 is 4.74 Å². The molecule has 0 radical (unpaired) electrons. The van der Waals surface area contributed by atoms with Crippen molar-refractivity contribution in [2.45, 2.75) is 37.0 Å². The molecule has 3 unspecified atom stereocenters. The van der Waals surface area contributed by atoms with Crippen molar-refractivity contribution in [1.29, 1.82) is 0 Å². The quantitative estimate of drug-likeness (QED) is 0.412. The summed E-state index contributed by atoms with van der Waals surface area (Å²) >= 11 is 0. The fourth-order valence-corrected chi connectivity index (χ4v) is 2.79. The van der Waals surface area contributed by atoms with Crippen LogP contribution in [0.1, 0.15) is 12.8 Å². The third-order valence-corrected chi connectivity index (χ3v) is 4.13. The van der Waals surface area contributed by atoms with Gasteiger partial charge in [0.25, 0.3) is 0 Å². The minimum atomic E-state index is -6.36. The molecule has 2 nitrogen and oxygen atoms in total. The molecular weight excluding hydrogens is 340 g/mol. The molecule has 0 aromatic rings. The minimum Gasteiger partial charge on any atom is -0.459 e. The van der Waals surface area contributed by atoms with Crippen molar-refractivity contribution < 1.29 is 44.7 Å². The second kappa shape index (κ2) is 5.62. The molecule has 0 heterocycles. The number of fused-ring (bicyclic) bond motifs is 2. The highest BCUT2D eigenvalue weighted by Crippen LogP contribution is 2.49. The van der Waals surface area contributed by atoms with Crippen LogP contribution >= 0.6 is 0 Å². The first-order chi connectivity index (χ1) is 10.4. The maximum absolute atomic E-state index is 13.2. The molecule has 2 bridgehead atoms. The third-order valence-electron chi connectivity index (χ3n) is 4.13. The second-order valence-electron chi connectivity index (χ2n) is 5.70. The van der Waals surface area contributed by atoms with Crippen molar-refractivity contribution in [3.63, 3.8) is 0 Å². The van der Waals surface area contributed by atoms with Crippen LogP contribution in [0.25, 0.3) is 0 Å². The zero-order valence-electron chi connectivity index (χ0n) is 11.4.